The summed E-state index contributed by atoms with van der Waals surface area (Å²) in [6.07, 6.45) is 0. The van der Waals surface area contributed by atoms with Gasteiger partial charge in [0.25, 0.3) is 0 Å². The molecule has 8 nitrogen and oxygen atoms in total. The Hall–Kier alpha value is -3.33. The molecule has 2 aliphatic rings. The van der Waals surface area contributed by atoms with Gasteiger partial charge in [0.15, 0.2) is 11.5 Å². The zero-order chi connectivity index (χ0) is 24.1. The first-order valence-electron chi connectivity index (χ1n) is 11.6. The molecule has 182 valence electrons. The SMILES string of the molecule is CC(C)CNC(=O)C(=O)NC[C@H](c1ccc2c(c1)OCO2)N1CCN(c2ccccc2F)CC1. The molecule has 2 amide bonds. The van der Waals surface area contributed by atoms with Crippen molar-refractivity contribution in [3.8, 4) is 11.5 Å². The summed E-state index contributed by atoms with van der Waals surface area (Å²) in [6, 6.07) is 12.3. The zero-order valence-electron chi connectivity index (χ0n) is 19.6. The third-order valence-electron chi connectivity index (χ3n) is 6.06. The number of ether oxygens (including phenoxy) is 2. The predicted octanol–water partition coefficient (Wildman–Crippen LogP) is 2.31. The van der Waals surface area contributed by atoms with Crippen molar-refractivity contribution in [3.63, 3.8) is 0 Å². The minimum absolute atomic E-state index is 0.178. The minimum Gasteiger partial charge on any atom is -0.454 e. The third kappa shape index (κ3) is 5.59. The lowest BCUT2D eigenvalue weighted by atomic mass is 10.0. The lowest BCUT2D eigenvalue weighted by Gasteiger charge is -2.40. The largest absolute Gasteiger partial charge is 0.454 e. The van der Waals surface area contributed by atoms with Gasteiger partial charge in [-0.25, -0.2) is 4.39 Å². The maximum absolute atomic E-state index is 14.3. The molecule has 0 unspecified atom stereocenters. The number of anilines is 1. The molecule has 0 aromatic heterocycles. The molecule has 4 rings (SSSR count). The number of amides is 2. The highest BCUT2D eigenvalue weighted by Crippen LogP contribution is 2.36. The van der Waals surface area contributed by atoms with E-state index in [0.717, 1.165) is 5.56 Å². The van der Waals surface area contributed by atoms with Crippen LogP contribution in [0.15, 0.2) is 42.5 Å². The Labute approximate surface area is 199 Å². The standard InChI is InChI=1S/C25H31FN4O4/c1-17(2)14-27-24(31)25(32)28-15-21(18-7-8-22-23(13-18)34-16-33-22)30-11-9-29(10-12-30)20-6-4-3-5-19(20)26/h3-8,13,17,21H,9-12,14-16H2,1-2H3,(H,27,31)(H,28,32)/t21-/m1/s1. The number of piperazine rings is 1. The highest BCUT2D eigenvalue weighted by atomic mass is 19.1. The van der Waals surface area contributed by atoms with E-state index < -0.39 is 11.8 Å². The van der Waals surface area contributed by atoms with Crippen LogP contribution in [0.4, 0.5) is 10.1 Å². The number of benzene rings is 2. The molecule has 2 N–H and O–H groups in total. The van der Waals surface area contributed by atoms with Crippen molar-refractivity contribution in [1.82, 2.24) is 15.5 Å². The summed E-state index contributed by atoms with van der Waals surface area (Å²) in [5.41, 5.74) is 1.54. The van der Waals surface area contributed by atoms with Crippen molar-refractivity contribution in [1.29, 1.82) is 0 Å². The Bertz CT molecular complexity index is 1020. The summed E-state index contributed by atoms with van der Waals surface area (Å²) in [4.78, 5) is 28.8. The van der Waals surface area contributed by atoms with Crippen LogP contribution < -0.4 is 25.0 Å². The zero-order valence-corrected chi connectivity index (χ0v) is 19.6. The van der Waals surface area contributed by atoms with Crippen LogP contribution in [0.2, 0.25) is 0 Å². The van der Waals surface area contributed by atoms with Crippen molar-refractivity contribution in [2.75, 3.05) is 51.0 Å². The highest BCUT2D eigenvalue weighted by molar-refractivity contribution is 6.35. The van der Waals surface area contributed by atoms with Crippen LogP contribution in [0.5, 0.6) is 11.5 Å². The molecule has 2 aromatic rings. The number of hydrogen-bond donors (Lipinski definition) is 2. The van der Waals surface area contributed by atoms with E-state index in [1.165, 1.54) is 6.07 Å². The van der Waals surface area contributed by atoms with Gasteiger partial charge in [0, 0.05) is 39.3 Å². The predicted molar refractivity (Wildman–Crippen MR) is 126 cm³/mol. The summed E-state index contributed by atoms with van der Waals surface area (Å²) >= 11 is 0. The van der Waals surface area contributed by atoms with Gasteiger partial charge in [-0.1, -0.05) is 32.0 Å². The fraction of sp³-hybridized carbons (Fsp3) is 0.440. The number of fused-ring (bicyclic) bond motifs is 1. The number of halogens is 1. The lowest BCUT2D eigenvalue weighted by molar-refractivity contribution is -0.139. The Morgan fingerprint density at radius 3 is 2.32 bits per heavy atom. The molecule has 0 radical (unpaired) electrons. The van der Waals surface area contributed by atoms with E-state index >= 15 is 0 Å². The van der Waals surface area contributed by atoms with Crippen LogP contribution in [0.3, 0.4) is 0 Å². The van der Waals surface area contributed by atoms with Crippen LogP contribution in [0, 0.1) is 11.7 Å². The van der Waals surface area contributed by atoms with Crippen LogP contribution >= 0.6 is 0 Å². The van der Waals surface area contributed by atoms with E-state index in [4.69, 9.17) is 9.47 Å². The van der Waals surface area contributed by atoms with Crippen LogP contribution in [0.25, 0.3) is 0 Å². The van der Waals surface area contributed by atoms with Crippen LogP contribution in [-0.4, -0.2) is 62.8 Å². The summed E-state index contributed by atoms with van der Waals surface area (Å²) in [5.74, 6) is 0.0724. The normalized spacial score (nSPS) is 16.4. The molecule has 9 heteroatoms. The number of hydrogen-bond acceptors (Lipinski definition) is 6. The number of nitrogens with zero attached hydrogens (tertiary/aromatic N) is 2. The number of rotatable bonds is 7. The first kappa shape index (κ1) is 23.8. The maximum atomic E-state index is 14.3. The van der Waals surface area contributed by atoms with Gasteiger partial charge in [0.05, 0.1) is 11.7 Å². The highest BCUT2D eigenvalue weighted by Gasteiger charge is 2.28. The third-order valence-corrected chi connectivity index (χ3v) is 6.06. The van der Waals surface area contributed by atoms with E-state index in [1.807, 2.05) is 43.0 Å². The van der Waals surface area contributed by atoms with Gasteiger partial charge >= 0.3 is 11.8 Å². The average molecular weight is 471 g/mol. The van der Waals surface area contributed by atoms with Crippen molar-refractivity contribution in [2.45, 2.75) is 19.9 Å². The van der Waals surface area contributed by atoms with E-state index in [0.29, 0.717) is 49.9 Å². The lowest BCUT2D eigenvalue weighted by Crippen LogP contribution is -2.51. The first-order valence-corrected chi connectivity index (χ1v) is 11.6. The first-order chi connectivity index (χ1) is 16.4. The second kappa shape index (κ2) is 10.7. The van der Waals surface area contributed by atoms with Crippen molar-refractivity contribution in [3.05, 3.63) is 53.8 Å². The molecule has 1 fully saturated rings. The Morgan fingerprint density at radius 1 is 0.941 bits per heavy atom. The van der Waals surface area contributed by atoms with Crippen LogP contribution in [-0.2, 0) is 9.59 Å². The summed E-state index contributed by atoms with van der Waals surface area (Å²) < 4.78 is 25.2. The van der Waals surface area contributed by atoms with Gasteiger partial charge in [-0.15, -0.1) is 0 Å². The Kier molecular flexibility index (Phi) is 7.52. The van der Waals surface area contributed by atoms with E-state index in [-0.39, 0.29) is 31.1 Å². The number of carbonyl (C=O) groups is 2. The molecule has 2 heterocycles. The fourth-order valence-electron chi connectivity index (χ4n) is 4.21. The van der Waals surface area contributed by atoms with E-state index in [9.17, 15) is 14.0 Å². The maximum Gasteiger partial charge on any atom is 0.309 e. The van der Waals surface area contributed by atoms with Gasteiger partial charge in [0.1, 0.15) is 5.82 Å². The van der Waals surface area contributed by atoms with Gasteiger partial charge in [-0.05, 0) is 35.7 Å². The Balaban J connectivity index is 1.45. The van der Waals surface area contributed by atoms with Crippen molar-refractivity contribution >= 4 is 17.5 Å². The second-order valence-corrected chi connectivity index (χ2v) is 8.92. The molecule has 0 aliphatic carbocycles. The second-order valence-electron chi connectivity index (χ2n) is 8.92. The van der Waals surface area contributed by atoms with Gasteiger partial charge < -0.3 is 25.0 Å². The molecular formula is C25H31FN4O4. The average Bonchev–Trinajstić information content (AvgIpc) is 3.31. The van der Waals surface area contributed by atoms with Crippen molar-refractivity contribution in [2.24, 2.45) is 5.92 Å². The molecule has 2 aliphatic heterocycles. The summed E-state index contributed by atoms with van der Waals surface area (Å²) in [5, 5.41) is 5.43. The number of nitrogens with one attached hydrogen (secondary N) is 2. The minimum atomic E-state index is -0.656. The molecule has 2 aromatic carbocycles. The smallest absolute Gasteiger partial charge is 0.309 e. The topological polar surface area (TPSA) is 83.1 Å². The van der Waals surface area contributed by atoms with Crippen LogP contribution in [0.1, 0.15) is 25.5 Å². The van der Waals surface area contributed by atoms with Gasteiger partial charge in [-0.2, -0.15) is 0 Å². The molecule has 0 spiro atoms. The number of carbonyl (C=O) groups excluding carboxylic acids is 2. The fourth-order valence-corrected chi connectivity index (χ4v) is 4.21. The monoisotopic (exact) mass is 470 g/mol. The van der Waals surface area contributed by atoms with E-state index in [2.05, 4.69) is 15.5 Å². The Morgan fingerprint density at radius 2 is 1.62 bits per heavy atom. The molecule has 0 saturated carbocycles. The summed E-state index contributed by atoms with van der Waals surface area (Å²) in [7, 11) is 0. The molecule has 1 saturated heterocycles. The van der Waals surface area contributed by atoms with Crippen molar-refractivity contribution < 1.29 is 23.5 Å². The van der Waals surface area contributed by atoms with Gasteiger partial charge in [-0.3, -0.25) is 14.5 Å². The number of para-hydroxylation sites is 1. The van der Waals surface area contributed by atoms with E-state index in [1.54, 1.807) is 12.1 Å². The van der Waals surface area contributed by atoms with Gasteiger partial charge in [0.2, 0.25) is 6.79 Å². The summed E-state index contributed by atoms with van der Waals surface area (Å²) in [6.45, 7) is 7.44. The quantitative estimate of drug-likeness (QED) is 0.605. The molecule has 34 heavy (non-hydrogen) atoms. The molecule has 1 atom stereocenters. The molecule has 0 bridgehead atoms. The molecular weight excluding hydrogens is 439 g/mol.